The molecule has 0 bridgehead atoms. The van der Waals surface area contributed by atoms with Gasteiger partial charge in [-0.15, -0.1) is 0 Å². The summed E-state index contributed by atoms with van der Waals surface area (Å²) in [6, 6.07) is 0. The van der Waals surface area contributed by atoms with Crippen LogP contribution >= 0.6 is 0 Å². The van der Waals surface area contributed by atoms with Crippen molar-refractivity contribution in [3.8, 4) is 0 Å². The van der Waals surface area contributed by atoms with Crippen LogP contribution in [0.25, 0.3) is 0 Å². The highest BCUT2D eigenvalue weighted by atomic mass is 16.8. The zero-order valence-electron chi connectivity index (χ0n) is 11.3. The second-order valence-corrected chi connectivity index (χ2v) is 5.02. The van der Waals surface area contributed by atoms with Crippen molar-refractivity contribution < 1.29 is 28.5 Å². The van der Waals surface area contributed by atoms with Gasteiger partial charge in [0.1, 0.15) is 0 Å². The predicted octanol–water partition coefficient (Wildman–Crippen LogP) is 1.86. The van der Waals surface area contributed by atoms with Gasteiger partial charge in [0.05, 0.1) is 6.42 Å². The fraction of sp³-hybridized carbons (Fsp3) is 0.846. The first-order chi connectivity index (χ1) is 8.99. The first kappa shape index (κ1) is 14.3. The summed E-state index contributed by atoms with van der Waals surface area (Å²) in [4.78, 5) is 22.1. The van der Waals surface area contributed by atoms with E-state index in [0.717, 1.165) is 32.1 Å². The molecule has 0 N–H and O–H groups in total. The molecular formula is C13H20O6. The summed E-state index contributed by atoms with van der Waals surface area (Å²) >= 11 is 0. The van der Waals surface area contributed by atoms with Crippen molar-refractivity contribution >= 4 is 11.9 Å². The highest BCUT2D eigenvalue weighted by molar-refractivity contribution is 5.66. The maximum absolute atomic E-state index is 11.1. The fourth-order valence-electron chi connectivity index (χ4n) is 2.60. The number of carbonyl (C=O) groups is 2. The standard InChI is InChI=1S/C13H20O6/c1-9(14)16-11-8-12(17-10(2)15)19-13(18-11)6-4-3-5-7-13/h11-12H,3-8H2,1-2H3/t11-,12+. The smallest absolute Gasteiger partial charge is 0.304 e. The molecule has 6 nitrogen and oxygen atoms in total. The van der Waals surface area contributed by atoms with E-state index in [1.54, 1.807) is 0 Å². The molecule has 6 heteroatoms. The summed E-state index contributed by atoms with van der Waals surface area (Å²) in [6.07, 6.45) is 3.33. The molecule has 108 valence electrons. The molecule has 2 aliphatic rings. The average molecular weight is 272 g/mol. The van der Waals surface area contributed by atoms with Crippen molar-refractivity contribution in [2.45, 2.75) is 70.7 Å². The Morgan fingerprint density at radius 1 is 0.947 bits per heavy atom. The van der Waals surface area contributed by atoms with Crippen LogP contribution in [0.2, 0.25) is 0 Å². The maximum Gasteiger partial charge on any atom is 0.304 e. The minimum atomic E-state index is -0.781. The second kappa shape index (κ2) is 5.88. The summed E-state index contributed by atoms with van der Waals surface area (Å²) in [6.45, 7) is 2.65. The maximum atomic E-state index is 11.1. The number of ether oxygens (including phenoxy) is 4. The van der Waals surface area contributed by atoms with Crippen LogP contribution < -0.4 is 0 Å². The minimum Gasteiger partial charge on any atom is -0.436 e. The van der Waals surface area contributed by atoms with Gasteiger partial charge < -0.3 is 18.9 Å². The van der Waals surface area contributed by atoms with Gasteiger partial charge in [0.15, 0.2) is 5.79 Å². The van der Waals surface area contributed by atoms with Crippen molar-refractivity contribution in [3.63, 3.8) is 0 Å². The van der Waals surface area contributed by atoms with Gasteiger partial charge in [-0.3, -0.25) is 9.59 Å². The molecule has 0 radical (unpaired) electrons. The van der Waals surface area contributed by atoms with E-state index in [0.29, 0.717) is 0 Å². The average Bonchev–Trinajstić information content (AvgIpc) is 2.26. The minimum absolute atomic E-state index is 0.209. The summed E-state index contributed by atoms with van der Waals surface area (Å²) < 4.78 is 21.8. The van der Waals surface area contributed by atoms with Gasteiger partial charge in [-0.1, -0.05) is 6.42 Å². The molecule has 19 heavy (non-hydrogen) atoms. The Bertz CT molecular complexity index is 321. The van der Waals surface area contributed by atoms with Crippen LogP contribution in [0.5, 0.6) is 0 Å². The van der Waals surface area contributed by atoms with Gasteiger partial charge in [-0.05, 0) is 12.8 Å². The fourth-order valence-corrected chi connectivity index (χ4v) is 2.60. The van der Waals surface area contributed by atoms with Crippen molar-refractivity contribution in [3.05, 3.63) is 0 Å². The molecule has 1 aliphatic heterocycles. The van der Waals surface area contributed by atoms with Gasteiger partial charge in [0.2, 0.25) is 12.6 Å². The molecule has 1 spiro atoms. The highest BCUT2D eigenvalue weighted by Gasteiger charge is 2.45. The molecule has 1 aliphatic carbocycles. The largest absolute Gasteiger partial charge is 0.436 e. The van der Waals surface area contributed by atoms with Crippen molar-refractivity contribution in [1.29, 1.82) is 0 Å². The molecule has 1 saturated carbocycles. The Hall–Kier alpha value is -1.14. The lowest BCUT2D eigenvalue weighted by atomic mass is 9.93. The Kier molecular flexibility index (Phi) is 4.42. The summed E-state index contributed by atoms with van der Waals surface area (Å²) in [5.74, 6) is -1.62. The normalized spacial score (nSPS) is 29.8. The highest BCUT2D eigenvalue weighted by Crippen LogP contribution is 2.39. The van der Waals surface area contributed by atoms with Crippen molar-refractivity contribution in [2.75, 3.05) is 0 Å². The van der Waals surface area contributed by atoms with Gasteiger partial charge in [0, 0.05) is 26.7 Å². The first-order valence-electron chi connectivity index (χ1n) is 6.69. The molecule has 1 saturated heterocycles. The third-order valence-corrected chi connectivity index (χ3v) is 3.29. The van der Waals surface area contributed by atoms with Gasteiger partial charge in [-0.2, -0.15) is 0 Å². The van der Waals surface area contributed by atoms with Crippen molar-refractivity contribution in [1.82, 2.24) is 0 Å². The Balaban J connectivity index is 2.06. The van der Waals surface area contributed by atoms with E-state index in [4.69, 9.17) is 18.9 Å². The molecule has 2 rings (SSSR count). The number of hydrogen-bond donors (Lipinski definition) is 0. The van der Waals surface area contributed by atoms with E-state index in [2.05, 4.69) is 0 Å². The number of carbonyl (C=O) groups excluding carboxylic acids is 2. The molecule has 0 aromatic carbocycles. The van der Waals surface area contributed by atoms with Gasteiger partial charge in [0.25, 0.3) is 0 Å². The molecule has 0 amide bonds. The van der Waals surface area contributed by atoms with Crippen LogP contribution in [0.3, 0.4) is 0 Å². The number of esters is 2. The molecule has 0 aromatic heterocycles. The van der Waals surface area contributed by atoms with E-state index in [1.807, 2.05) is 0 Å². The van der Waals surface area contributed by atoms with E-state index < -0.39 is 30.3 Å². The summed E-state index contributed by atoms with van der Waals surface area (Å²) in [5, 5.41) is 0. The molecular weight excluding hydrogens is 252 g/mol. The quantitative estimate of drug-likeness (QED) is 0.714. The molecule has 0 unspecified atom stereocenters. The molecule has 0 aromatic rings. The topological polar surface area (TPSA) is 71.1 Å². The van der Waals surface area contributed by atoms with E-state index in [-0.39, 0.29) is 6.42 Å². The SMILES string of the molecule is CC(=O)O[C@H]1C[C@@H](OC(C)=O)OC2(CCCCC2)O1. The van der Waals surface area contributed by atoms with E-state index >= 15 is 0 Å². The third-order valence-electron chi connectivity index (χ3n) is 3.29. The lowest BCUT2D eigenvalue weighted by molar-refractivity contribution is -0.396. The first-order valence-corrected chi connectivity index (χ1v) is 6.69. The van der Waals surface area contributed by atoms with Gasteiger partial charge >= 0.3 is 11.9 Å². The molecule has 2 fully saturated rings. The summed E-state index contributed by atoms with van der Waals surface area (Å²) in [5.41, 5.74) is 0. The zero-order valence-corrected chi connectivity index (χ0v) is 11.3. The van der Waals surface area contributed by atoms with Crippen LogP contribution in [0, 0.1) is 0 Å². The predicted molar refractivity (Wildman–Crippen MR) is 63.7 cm³/mol. The van der Waals surface area contributed by atoms with Crippen molar-refractivity contribution in [2.24, 2.45) is 0 Å². The molecule has 1 heterocycles. The van der Waals surface area contributed by atoms with Crippen LogP contribution in [0.1, 0.15) is 52.4 Å². The van der Waals surface area contributed by atoms with Crippen LogP contribution in [-0.2, 0) is 28.5 Å². The lowest BCUT2D eigenvalue weighted by Crippen LogP contribution is -2.51. The summed E-state index contributed by atoms with van der Waals surface area (Å²) in [7, 11) is 0. The van der Waals surface area contributed by atoms with Crippen LogP contribution in [-0.4, -0.2) is 30.3 Å². The third kappa shape index (κ3) is 3.91. The Morgan fingerprint density at radius 3 is 1.84 bits per heavy atom. The monoisotopic (exact) mass is 272 g/mol. The Morgan fingerprint density at radius 2 is 1.42 bits per heavy atom. The number of rotatable bonds is 2. The Labute approximate surface area is 112 Å². The number of hydrogen-bond acceptors (Lipinski definition) is 6. The van der Waals surface area contributed by atoms with E-state index in [9.17, 15) is 9.59 Å². The zero-order chi connectivity index (χ0) is 13.9. The van der Waals surface area contributed by atoms with Crippen LogP contribution in [0.15, 0.2) is 0 Å². The lowest BCUT2D eigenvalue weighted by Gasteiger charge is -2.45. The van der Waals surface area contributed by atoms with E-state index in [1.165, 1.54) is 13.8 Å². The molecule has 2 atom stereocenters. The second-order valence-electron chi connectivity index (χ2n) is 5.02. The van der Waals surface area contributed by atoms with Crippen LogP contribution in [0.4, 0.5) is 0 Å². The van der Waals surface area contributed by atoms with Gasteiger partial charge in [-0.25, -0.2) is 0 Å².